The van der Waals surface area contributed by atoms with Crippen molar-refractivity contribution in [3.05, 3.63) is 48.5 Å². The number of aromatic nitrogens is 2. The summed E-state index contributed by atoms with van der Waals surface area (Å²) in [6.07, 6.45) is -1.44. The number of ether oxygens (including phenoxy) is 2. The van der Waals surface area contributed by atoms with Gasteiger partial charge in [-0.25, -0.2) is 8.42 Å². The molecule has 2 atom stereocenters. The number of hydrogen-bond donors (Lipinski definition) is 1. The van der Waals surface area contributed by atoms with E-state index in [9.17, 15) is 13.2 Å². The van der Waals surface area contributed by atoms with E-state index < -0.39 is 33.2 Å². The monoisotopic (exact) mass is 443 g/mol. The van der Waals surface area contributed by atoms with E-state index in [1.54, 1.807) is 51.1 Å². The van der Waals surface area contributed by atoms with Crippen LogP contribution in [0.2, 0.25) is 0 Å². The molecule has 1 N–H and O–H groups in total. The average Bonchev–Trinajstić information content (AvgIpc) is 3.21. The zero-order valence-corrected chi connectivity index (χ0v) is 17.9. The topological polar surface area (TPSA) is 121 Å². The molecule has 2 heterocycles. The Bertz CT molecular complexity index is 1220. The number of hydrogen-bond acceptors (Lipinski definition) is 8. The van der Waals surface area contributed by atoms with Crippen LogP contribution in [-0.2, 0) is 14.6 Å². The van der Waals surface area contributed by atoms with E-state index in [1.807, 2.05) is 6.07 Å². The van der Waals surface area contributed by atoms with Crippen molar-refractivity contribution in [2.24, 2.45) is 0 Å². The lowest BCUT2D eigenvalue weighted by molar-refractivity contribution is -0.128. The van der Waals surface area contributed by atoms with Crippen molar-refractivity contribution in [2.45, 2.75) is 43.1 Å². The maximum absolute atomic E-state index is 12.7. The summed E-state index contributed by atoms with van der Waals surface area (Å²) in [6, 6.07) is 13.2. The van der Waals surface area contributed by atoms with Gasteiger partial charge in [-0.15, -0.1) is 5.10 Å². The molecular weight excluding hydrogens is 422 g/mol. The highest BCUT2D eigenvalue weighted by molar-refractivity contribution is 7.92. The first kappa shape index (κ1) is 20.9. The standard InChI is InChI=1S/C21H21N3O6S/c1-12(2)31(26,27)15-8-6-7-14(11-15)20-23-24-21(30-20)22-19(25)18-13(3)28-16-9-4-5-10-17(16)29-18/h4-13,18H,1-3H3,(H,22,24,25). The molecule has 0 spiro atoms. The fraction of sp³-hybridized carbons (Fsp3) is 0.286. The molecule has 4 rings (SSSR count). The second-order valence-corrected chi connectivity index (χ2v) is 9.84. The van der Waals surface area contributed by atoms with Crippen molar-refractivity contribution in [1.82, 2.24) is 10.2 Å². The van der Waals surface area contributed by atoms with Crippen LogP contribution in [0.3, 0.4) is 0 Å². The molecule has 3 aromatic rings. The minimum Gasteiger partial charge on any atom is -0.482 e. The van der Waals surface area contributed by atoms with Crippen molar-refractivity contribution in [3.63, 3.8) is 0 Å². The van der Waals surface area contributed by atoms with E-state index in [0.717, 1.165) is 0 Å². The molecule has 31 heavy (non-hydrogen) atoms. The Morgan fingerprint density at radius 2 is 1.74 bits per heavy atom. The third kappa shape index (κ3) is 4.11. The molecule has 1 aliphatic heterocycles. The van der Waals surface area contributed by atoms with Crippen molar-refractivity contribution >= 4 is 21.8 Å². The molecule has 0 radical (unpaired) electrons. The number of benzene rings is 2. The summed E-state index contributed by atoms with van der Waals surface area (Å²) in [6.45, 7) is 4.94. The Hall–Kier alpha value is -3.40. The summed E-state index contributed by atoms with van der Waals surface area (Å²) in [5, 5.41) is 9.70. The van der Waals surface area contributed by atoms with E-state index >= 15 is 0 Å². The highest BCUT2D eigenvalue weighted by Gasteiger charge is 2.35. The summed E-state index contributed by atoms with van der Waals surface area (Å²) < 4.78 is 41.8. The van der Waals surface area contributed by atoms with Crippen LogP contribution in [0.15, 0.2) is 57.8 Å². The number of sulfone groups is 1. The van der Waals surface area contributed by atoms with Gasteiger partial charge in [0.15, 0.2) is 21.3 Å². The summed E-state index contributed by atoms with van der Waals surface area (Å²) in [5.41, 5.74) is 0.425. The minimum atomic E-state index is -3.45. The second kappa shape index (κ2) is 8.03. The van der Waals surface area contributed by atoms with Crippen LogP contribution >= 0.6 is 0 Å². The molecule has 1 aliphatic rings. The molecule has 0 bridgehead atoms. The molecule has 2 unspecified atom stereocenters. The third-order valence-electron chi connectivity index (χ3n) is 4.79. The largest absolute Gasteiger partial charge is 0.482 e. The van der Waals surface area contributed by atoms with Crippen molar-refractivity contribution in [1.29, 1.82) is 0 Å². The predicted molar refractivity (Wildman–Crippen MR) is 112 cm³/mol. The van der Waals surface area contributed by atoms with Gasteiger partial charge in [0.1, 0.15) is 6.10 Å². The maximum atomic E-state index is 12.7. The van der Waals surface area contributed by atoms with Gasteiger partial charge in [-0.05, 0) is 51.1 Å². The summed E-state index contributed by atoms with van der Waals surface area (Å²) in [4.78, 5) is 12.8. The zero-order chi connectivity index (χ0) is 22.2. The number of carbonyl (C=O) groups excluding carboxylic acids is 1. The Morgan fingerprint density at radius 3 is 2.45 bits per heavy atom. The van der Waals surface area contributed by atoms with Gasteiger partial charge >= 0.3 is 6.01 Å². The third-order valence-corrected chi connectivity index (χ3v) is 6.94. The first-order chi connectivity index (χ1) is 14.8. The van der Waals surface area contributed by atoms with Crippen LogP contribution in [0, 0.1) is 0 Å². The first-order valence-electron chi connectivity index (χ1n) is 9.67. The average molecular weight is 443 g/mol. The van der Waals surface area contributed by atoms with Crippen LogP contribution in [0.5, 0.6) is 11.5 Å². The number of nitrogens with one attached hydrogen (secondary N) is 1. The lowest BCUT2D eigenvalue weighted by atomic mass is 10.1. The Kier molecular flexibility index (Phi) is 5.40. The number of anilines is 1. The van der Waals surface area contributed by atoms with E-state index in [-0.39, 0.29) is 16.8 Å². The smallest absolute Gasteiger partial charge is 0.322 e. The van der Waals surface area contributed by atoms with Crippen molar-refractivity contribution in [2.75, 3.05) is 5.32 Å². The highest BCUT2D eigenvalue weighted by Crippen LogP contribution is 2.33. The number of amides is 1. The fourth-order valence-corrected chi connectivity index (χ4v) is 4.16. The van der Waals surface area contributed by atoms with Crippen LogP contribution in [0.1, 0.15) is 20.8 Å². The molecule has 2 aromatic carbocycles. The lowest BCUT2D eigenvalue weighted by Gasteiger charge is -2.30. The molecule has 162 valence electrons. The second-order valence-electron chi connectivity index (χ2n) is 7.33. The van der Waals surface area contributed by atoms with Crippen molar-refractivity contribution in [3.8, 4) is 23.0 Å². The Morgan fingerprint density at radius 1 is 1.03 bits per heavy atom. The van der Waals surface area contributed by atoms with Gasteiger partial charge < -0.3 is 13.9 Å². The molecule has 1 aromatic heterocycles. The van der Waals surface area contributed by atoms with E-state index in [4.69, 9.17) is 13.9 Å². The first-order valence-corrected chi connectivity index (χ1v) is 11.2. The van der Waals surface area contributed by atoms with Gasteiger partial charge in [0, 0.05) is 5.56 Å². The summed E-state index contributed by atoms with van der Waals surface area (Å²) in [7, 11) is -3.45. The maximum Gasteiger partial charge on any atom is 0.322 e. The van der Waals surface area contributed by atoms with Gasteiger partial charge in [0.25, 0.3) is 5.91 Å². The fourth-order valence-electron chi connectivity index (χ4n) is 3.05. The molecular formula is C21H21N3O6S. The predicted octanol–water partition coefficient (Wildman–Crippen LogP) is 3.09. The molecule has 0 saturated carbocycles. The minimum absolute atomic E-state index is 0.0790. The van der Waals surface area contributed by atoms with Gasteiger partial charge in [-0.2, -0.15) is 0 Å². The van der Waals surface area contributed by atoms with Crippen molar-refractivity contribution < 1.29 is 27.1 Å². The van der Waals surface area contributed by atoms with E-state index in [0.29, 0.717) is 17.1 Å². The quantitative estimate of drug-likeness (QED) is 0.639. The van der Waals surface area contributed by atoms with Crippen LogP contribution in [0.25, 0.3) is 11.5 Å². The van der Waals surface area contributed by atoms with Crippen LogP contribution < -0.4 is 14.8 Å². The molecule has 1 amide bonds. The number of para-hydroxylation sites is 2. The SMILES string of the molecule is CC1Oc2ccccc2OC1C(=O)Nc1nnc(-c2cccc(S(=O)(=O)C(C)C)c2)o1. The van der Waals surface area contributed by atoms with Gasteiger partial charge in [0.05, 0.1) is 10.1 Å². The van der Waals surface area contributed by atoms with E-state index in [2.05, 4.69) is 15.5 Å². The molecule has 0 saturated heterocycles. The van der Waals surface area contributed by atoms with Gasteiger partial charge in [-0.1, -0.05) is 23.3 Å². The van der Waals surface area contributed by atoms with Gasteiger partial charge in [0.2, 0.25) is 12.0 Å². The Labute approximate surface area is 179 Å². The molecule has 0 aliphatic carbocycles. The normalized spacial score (nSPS) is 18.1. The zero-order valence-electron chi connectivity index (χ0n) is 17.1. The molecule has 0 fully saturated rings. The number of carbonyl (C=O) groups is 1. The number of fused-ring (bicyclic) bond motifs is 1. The van der Waals surface area contributed by atoms with Crippen LogP contribution in [0.4, 0.5) is 6.01 Å². The molecule has 10 heteroatoms. The number of rotatable bonds is 5. The molecule has 9 nitrogen and oxygen atoms in total. The highest BCUT2D eigenvalue weighted by atomic mass is 32.2. The van der Waals surface area contributed by atoms with Gasteiger partial charge in [-0.3, -0.25) is 10.1 Å². The lowest BCUT2D eigenvalue weighted by Crippen LogP contribution is -2.46. The summed E-state index contributed by atoms with van der Waals surface area (Å²) >= 11 is 0. The van der Waals surface area contributed by atoms with Crippen LogP contribution in [-0.4, -0.2) is 42.0 Å². The Balaban J connectivity index is 1.51. The van der Waals surface area contributed by atoms with E-state index in [1.165, 1.54) is 12.1 Å². The number of nitrogens with zero attached hydrogens (tertiary/aromatic N) is 2. The summed E-state index contributed by atoms with van der Waals surface area (Å²) in [5.74, 6) is 0.606.